The quantitative estimate of drug-likeness (QED) is 0.798. The van der Waals surface area contributed by atoms with Gasteiger partial charge in [-0.25, -0.2) is 0 Å². The van der Waals surface area contributed by atoms with Crippen molar-refractivity contribution in [2.45, 2.75) is 25.4 Å². The van der Waals surface area contributed by atoms with Crippen LogP contribution in [0.2, 0.25) is 0 Å². The zero-order chi connectivity index (χ0) is 14.1. The molecule has 1 saturated heterocycles. The van der Waals surface area contributed by atoms with Crippen molar-refractivity contribution in [2.75, 3.05) is 13.1 Å². The minimum absolute atomic E-state index is 0.0863. The highest BCUT2D eigenvalue weighted by molar-refractivity contribution is 5.84. The van der Waals surface area contributed by atoms with E-state index in [4.69, 9.17) is 5.73 Å². The molecule has 2 heterocycles. The van der Waals surface area contributed by atoms with Crippen LogP contribution in [-0.2, 0) is 22.6 Å². The fourth-order valence-corrected chi connectivity index (χ4v) is 3.04. The molecule has 2 amide bonds. The van der Waals surface area contributed by atoms with E-state index in [0.29, 0.717) is 25.9 Å². The Morgan fingerprint density at radius 1 is 1.25 bits per heavy atom. The lowest BCUT2D eigenvalue weighted by Gasteiger charge is -2.28. The van der Waals surface area contributed by atoms with Crippen LogP contribution in [-0.4, -0.2) is 35.8 Å². The van der Waals surface area contributed by atoms with Crippen molar-refractivity contribution < 1.29 is 9.59 Å². The topological polar surface area (TPSA) is 75.4 Å². The maximum atomic E-state index is 12.5. The van der Waals surface area contributed by atoms with E-state index in [-0.39, 0.29) is 23.8 Å². The molecular weight excluding hydrogens is 254 g/mol. The number of carbonyl (C=O) groups excluding carboxylic acids is 2. The second-order valence-electron chi connectivity index (χ2n) is 5.58. The number of rotatable bonds is 2. The van der Waals surface area contributed by atoms with Crippen molar-refractivity contribution in [1.82, 2.24) is 10.2 Å². The Morgan fingerprint density at radius 2 is 2.00 bits per heavy atom. The van der Waals surface area contributed by atoms with Crippen molar-refractivity contribution in [1.29, 1.82) is 0 Å². The summed E-state index contributed by atoms with van der Waals surface area (Å²) in [6.45, 7) is 1.82. The molecule has 2 aliphatic heterocycles. The van der Waals surface area contributed by atoms with E-state index in [1.54, 1.807) is 4.90 Å². The third kappa shape index (κ3) is 2.41. The molecule has 106 valence electrons. The number of nitrogens with one attached hydrogen (secondary N) is 1. The highest BCUT2D eigenvalue weighted by Crippen LogP contribution is 2.21. The number of benzene rings is 1. The van der Waals surface area contributed by atoms with Gasteiger partial charge in [-0.1, -0.05) is 24.3 Å². The van der Waals surface area contributed by atoms with Gasteiger partial charge in [0.05, 0.1) is 12.0 Å². The van der Waals surface area contributed by atoms with Gasteiger partial charge in [-0.3, -0.25) is 9.59 Å². The van der Waals surface area contributed by atoms with Gasteiger partial charge in [0.15, 0.2) is 0 Å². The smallest absolute Gasteiger partial charge is 0.240 e. The van der Waals surface area contributed by atoms with Crippen LogP contribution in [0.15, 0.2) is 24.3 Å². The molecular formula is C15H19N3O2. The maximum Gasteiger partial charge on any atom is 0.240 e. The number of amides is 2. The molecule has 0 aliphatic carbocycles. The van der Waals surface area contributed by atoms with Gasteiger partial charge in [0.25, 0.3) is 0 Å². The summed E-state index contributed by atoms with van der Waals surface area (Å²) in [4.78, 5) is 25.4. The Hall–Kier alpha value is -1.88. The van der Waals surface area contributed by atoms with E-state index in [0.717, 1.165) is 6.54 Å². The van der Waals surface area contributed by atoms with Gasteiger partial charge in [-0.2, -0.15) is 0 Å². The first-order chi connectivity index (χ1) is 9.65. The van der Waals surface area contributed by atoms with Crippen LogP contribution >= 0.6 is 0 Å². The fraction of sp³-hybridized carbons (Fsp3) is 0.467. The van der Waals surface area contributed by atoms with Crippen molar-refractivity contribution in [2.24, 2.45) is 11.7 Å². The molecule has 1 aromatic rings. The zero-order valence-electron chi connectivity index (χ0n) is 11.3. The Bertz CT molecular complexity index is 544. The van der Waals surface area contributed by atoms with Crippen LogP contribution in [0, 0.1) is 5.92 Å². The third-order valence-electron chi connectivity index (χ3n) is 4.28. The van der Waals surface area contributed by atoms with Gasteiger partial charge < -0.3 is 16.0 Å². The van der Waals surface area contributed by atoms with Gasteiger partial charge in [-0.05, 0) is 24.0 Å². The Kier molecular flexibility index (Phi) is 3.44. The molecule has 3 N–H and O–H groups in total. The Morgan fingerprint density at radius 3 is 2.70 bits per heavy atom. The summed E-state index contributed by atoms with van der Waals surface area (Å²) in [6.07, 6.45) is 1.40. The van der Waals surface area contributed by atoms with Crippen LogP contribution in [0.3, 0.4) is 0 Å². The van der Waals surface area contributed by atoms with E-state index < -0.39 is 0 Å². The molecule has 3 rings (SSSR count). The molecule has 1 aromatic carbocycles. The number of fused-ring (bicyclic) bond motifs is 1. The van der Waals surface area contributed by atoms with E-state index in [9.17, 15) is 9.59 Å². The molecule has 0 spiro atoms. The van der Waals surface area contributed by atoms with Crippen LogP contribution in [0.1, 0.15) is 17.5 Å². The first-order valence-electron chi connectivity index (χ1n) is 7.03. The van der Waals surface area contributed by atoms with Crippen molar-refractivity contribution in [3.05, 3.63) is 35.4 Å². The molecule has 0 bridgehead atoms. The average molecular weight is 273 g/mol. The lowest BCUT2D eigenvalue weighted by atomic mass is 9.95. The fourth-order valence-electron chi connectivity index (χ4n) is 3.04. The number of carbonyl (C=O) groups is 2. The normalized spacial score (nSPS) is 25.3. The number of likely N-dealkylation sites (tertiary alicyclic amines) is 1. The first kappa shape index (κ1) is 13.1. The molecule has 0 radical (unpaired) electrons. The van der Waals surface area contributed by atoms with Gasteiger partial charge in [0.2, 0.25) is 11.8 Å². The van der Waals surface area contributed by atoms with E-state index >= 15 is 0 Å². The maximum absolute atomic E-state index is 12.5. The number of nitrogens with zero attached hydrogens (tertiary/aromatic N) is 1. The summed E-state index contributed by atoms with van der Waals surface area (Å²) in [5.74, 6) is -0.402. The second kappa shape index (κ2) is 5.25. The number of primary amides is 1. The number of hydrogen-bond acceptors (Lipinski definition) is 3. The molecule has 20 heavy (non-hydrogen) atoms. The Labute approximate surface area is 118 Å². The van der Waals surface area contributed by atoms with Gasteiger partial charge in [0.1, 0.15) is 0 Å². The molecule has 2 unspecified atom stereocenters. The van der Waals surface area contributed by atoms with Gasteiger partial charge >= 0.3 is 0 Å². The SMILES string of the molecule is NC(=O)C1CCN(C(=O)C2Cc3ccccc3CN2)C1. The second-order valence-corrected chi connectivity index (χ2v) is 5.58. The molecule has 5 heteroatoms. The van der Waals surface area contributed by atoms with Crippen LogP contribution < -0.4 is 11.1 Å². The van der Waals surface area contributed by atoms with Gasteiger partial charge in [0, 0.05) is 19.6 Å². The summed E-state index contributed by atoms with van der Waals surface area (Å²) in [7, 11) is 0. The lowest BCUT2D eigenvalue weighted by Crippen LogP contribution is -2.49. The Balaban J connectivity index is 1.66. The zero-order valence-corrected chi connectivity index (χ0v) is 11.3. The van der Waals surface area contributed by atoms with E-state index in [1.165, 1.54) is 11.1 Å². The minimum Gasteiger partial charge on any atom is -0.369 e. The van der Waals surface area contributed by atoms with Crippen LogP contribution in [0.5, 0.6) is 0 Å². The number of hydrogen-bond donors (Lipinski definition) is 2. The first-order valence-corrected chi connectivity index (χ1v) is 7.03. The predicted octanol–water partition coefficient (Wildman–Crippen LogP) is 0.0347. The highest BCUT2D eigenvalue weighted by atomic mass is 16.2. The summed E-state index contributed by atoms with van der Waals surface area (Å²) < 4.78 is 0. The van der Waals surface area contributed by atoms with Crippen LogP contribution in [0.4, 0.5) is 0 Å². The van der Waals surface area contributed by atoms with Gasteiger partial charge in [-0.15, -0.1) is 0 Å². The van der Waals surface area contributed by atoms with E-state index in [1.807, 2.05) is 12.1 Å². The third-order valence-corrected chi connectivity index (χ3v) is 4.28. The van der Waals surface area contributed by atoms with Crippen molar-refractivity contribution in [3.8, 4) is 0 Å². The summed E-state index contributed by atoms with van der Waals surface area (Å²) in [5, 5.41) is 3.29. The summed E-state index contributed by atoms with van der Waals surface area (Å²) in [5.41, 5.74) is 7.80. The van der Waals surface area contributed by atoms with E-state index in [2.05, 4.69) is 17.4 Å². The molecule has 2 atom stereocenters. The lowest BCUT2D eigenvalue weighted by molar-refractivity contribution is -0.132. The van der Waals surface area contributed by atoms with Crippen molar-refractivity contribution >= 4 is 11.8 Å². The molecule has 5 nitrogen and oxygen atoms in total. The predicted molar refractivity (Wildman–Crippen MR) is 74.7 cm³/mol. The van der Waals surface area contributed by atoms with Crippen molar-refractivity contribution in [3.63, 3.8) is 0 Å². The monoisotopic (exact) mass is 273 g/mol. The molecule has 2 aliphatic rings. The molecule has 0 saturated carbocycles. The molecule has 0 aromatic heterocycles. The highest BCUT2D eigenvalue weighted by Gasteiger charge is 2.34. The molecule has 1 fully saturated rings. The summed E-state index contributed by atoms with van der Waals surface area (Å²) >= 11 is 0. The van der Waals surface area contributed by atoms with Crippen LogP contribution in [0.25, 0.3) is 0 Å². The average Bonchev–Trinajstić information content (AvgIpc) is 2.96. The standard InChI is InChI=1S/C15H19N3O2/c16-14(19)12-5-6-18(9-12)15(20)13-7-10-3-1-2-4-11(10)8-17-13/h1-4,12-13,17H,5-9H2,(H2,16,19). The minimum atomic E-state index is -0.303. The largest absolute Gasteiger partial charge is 0.369 e. The number of nitrogens with two attached hydrogens (primary N) is 1. The summed E-state index contributed by atoms with van der Waals surface area (Å²) in [6, 6.07) is 8.00.